The summed E-state index contributed by atoms with van der Waals surface area (Å²) in [7, 11) is 0. The largest absolute Gasteiger partial charge is 0.397 e. The van der Waals surface area contributed by atoms with Gasteiger partial charge in [-0.1, -0.05) is 17.7 Å². The number of nitrogen functional groups attached to an aromatic ring is 1. The van der Waals surface area contributed by atoms with Crippen LogP contribution < -0.4 is 11.1 Å². The molecule has 0 bridgehead atoms. The summed E-state index contributed by atoms with van der Waals surface area (Å²) in [5.41, 5.74) is 9.33. The highest BCUT2D eigenvalue weighted by Crippen LogP contribution is 2.24. The molecule has 110 valence electrons. The Morgan fingerprint density at radius 3 is 2.62 bits per heavy atom. The van der Waals surface area contributed by atoms with Crippen molar-refractivity contribution in [2.45, 2.75) is 18.7 Å². The molecule has 5 heteroatoms. The highest BCUT2D eigenvalue weighted by atomic mass is 35.5. The lowest BCUT2D eigenvalue weighted by Gasteiger charge is -2.09. The van der Waals surface area contributed by atoms with Crippen molar-refractivity contribution in [3.63, 3.8) is 0 Å². The van der Waals surface area contributed by atoms with E-state index in [1.807, 2.05) is 6.07 Å². The Labute approximate surface area is 133 Å². The first-order valence-corrected chi connectivity index (χ1v) is 7.87. The van der Waals surface area contributed by atoms with E-state index < -0.39 is 0 Å². The zero-order valence-electron chi connectivity index (χ0n) is 11.9. The van der Waals surface area contributed by atoms with Crippen LogP contribution in [-0.2, 0) is 4.79 Å². The van der Waals surface area contributed by atoms with Crippen LogP contribution in [0.2, 0.25) is 5.02 Å². The standard InChI is InChI=1S/C16H17ClN2OS/c1-10-3-5-13(7-11(10)2)21-9-16(20)19-15-6-4-12(17)8-14(15)18/h3-8H,9,18H2,1-2H3,(H,19,20). The van der Waals surface area contributed by atoms with Gasteiger partial charge in [0, 0.05) is 9.92 Å². The summed E-state index contributed by atoms with van der Waals surface area (Å²) in [5, 5.41) is 3.34. The van der Waals surface area contributed by atoms with Crippen LogP contribution >= 0.6 is 23.4 Å². The number of carbonyl (C=O) groups is 1. The maximum atomic E-state index is 12.0. The van der Waals surface area contributed by atoms with Crippen LogP contribution in [-0.4, -0.2) is 11.7 Å². The second-order valence-electron chi connectivity index (χ2n) is 4.81. The number of benzene rings is 2. The smallest absolute Gasteiger partial charge is 0.234 e. The SMILES string of the molecule is Cc1ccc(SCC(=O)Nc2ccc(Cl)cc2N)cc1C. The summed E-state index contributed by atoms with van der Waals surface area (Å²) >= 11 is 7.33. The normalized spacial score (nSPS) is 10.4. The van der Waals surface area contributed by atoms with E-state index in [9.17, 15) is 4.79 Å². The van der Waals surface area contributed by atoms with Crippen molar-refractivity contribution in [2.24, 2.45) is 0 Å². The average Bonchev–Trinajstić information content (AvgIpc) is 2.43. The molecule has 0 radical (unpaired) electrons. The van der Waals surface area contributed by atoms with Crippen molar-refractivity contribution in [3.8, 4) is 0 Å². The molecule has 0 aliphatic heterocycles. The number of thioether (sulfide) groups is 1. The van der Waals surface area contributed by atoms with Gasteiger partial charge in [0.05, 0.1) is 17.1 Å². The van der Waals surface area contributed by atoms with E-state index in [1.165, 1.54) is 22.9 Å². The first-order valence-electron chi connectivity index (χ1n) is 6.50. The Balaban J connectivity index is 1.94. The van der Waals surface area contributed by atoms with E-state index in [0.717, 1.165) is 4.90 Å². The van der Waals surface area contributed by atoms with Crippen molar-refractivity contribution in [1.29, 1.82) is 0 Å². The van der Waals surface area contributed by atoms with Gasteiger partial charge in [0.1, 0.15) is 0 Å². The molecule has 3 nitrogen and oxygen atoms in total. The summed E-state index contributed by atoms with van der Waals surface area (Å²) in [6, 6.07) is 11.2. The fraction of sp³-hybridized carbons (Fsp3) is 0.188. The van der Waals surface area contributed by atoms with E-state index in [0.29, 0.717) is 22.2 Å². The molecule has 1 amide bonds. The van der Waals surface area contributed by atoms with Crippen LogP contribution in [0.25, 0.3) is 0 Å². The summed E-state index contributed by atoms with van der Waals surface area (Å²) in [5.74, 6) is 0.247. The molecule has 0 saturated heterocycles. The van der Waals surface area contributed by atoms with Gasteiger partial charge in [-0.15, -0.1) is 11.8 Å². The van der Waals surface area contributed by atoms with E-state index in [-0.39, 0.29) is 5.91 Å². The second-order valence-corrected chi connectivity index (χ2v) is 6.30. The summed E-state index contributed by atoms with van der Waals surface area (Å²) in [4.78, 5) is 13.0. The number of hydrogen-bond acceptors (Lipinski definition) is 3. The number of nitrogens with one attached hydrogen (secondary N) is 1. The molecule has 0 fully saturated rings. The van der Waals surface area contributed by atoms with Gasteiger partial charge in [-0.2, -0.15) is 0 Å². The van der Waals surface area contributed by atoms with Crippen LogP contribution in [0.5, 0.6) is 0 Å². The van der Waals surface area contributed by atoms with Crippen LogP contribution in [0.15, 0.2) is 41.3 Å². The number of carbonyl (C=O) groups excluding carboxylic acids is 1. The van der Waals surface area contributed by atoms with E-state index >= 15 is 0 Å². The number of halogens is 1. The van der Waals surface area contributed by atoms with Crippen molar-refractivity contribution in [2.75, 3.05) is 16.8 Å². The number of rotatable bonds is 4. The van der Waals surface area contributed by atoms with Gasteiger partial charge in [-0.25, -0.2) is 0 Å². The maximum absolute atomic E-state index is 12.0. The molecule has 0 unspecified atom stereocenters. The topological polar surface area (TPSA) is 55.1 Å². The minimum absolute atomic E-state index is 0.0905. The van der Waals surface area contributed by atoms with Gasteiger partial charge in [0.2, 0.25) is 5.91 Å². The van der Waals surface area contributed by atoms with Gasteiger partial charge in [-0.05, 0) is 55.3 Å². The molecule has 0 aliphatic carbocycles. The molecule has 0 aromatic heterocycles. The molecule has 21 heavy (non-hydrogen) atoms. The molecule has 2 rings (SSSR count). The minimum Gasteiger partial charge on any atom is -0.397 e. The fourth-order valence-electron chi connectivity index (χ4n) is 1.79. The minimum atomic E-state index is -0.0905. The van der Waals surface area contributed by atoms with Crippen LogP contribution in [0.3, 0.4) is 0 Å². The number of anilines is 2. The lowest BCUT2D eigenvalue weighted by atomic mass is 10.1. The van der Waals surface area contributed by atoms with E-state index in [1.54, 1.807) is 18.2 Å². The second kappa shape index (κ2) is 6.87. The molecule has 0 heterocycles. The predicted molar refractivity (Wildman–Crippen MR) is 91.1 cm³/mol. The zero-order valence-corrected chi connectivity index (χ0v) is 13.5. The van der Waals surface area contributed by atoms with Crippen molar-refractivity contribution in [1.82, 2.24) is 0 Å². The lowest BCUT2D eigenvalue weighted by Crippen LogP contribution is -2.15. The predicted octanol–water partition coefficient (Wildman–Crippen LogP) is 4.27. The number of aryl methyl sites for hydroxylation is 2. The molecule has 0 spiro atoms. The van der Waals surface area contributed by atoms with Crippen molar-refractivity contribution in [3.05, 3.63) is 52.5 Å². The third-order valence-corrected chi connectivity index (χ3v) is 4.36. The first kappa shape index (κ1) is 15.7. The zero-order chi connectivity index (χ0) is 15.4. The Kier molecular flexibility index (Phi) is 5.15. The molecule has 2 aromatic rings. The maximum Gasteiger partial charge on any atom is 0.234 e. The molecular weight excluding hydrogens is 304 g/mol. The number of hydrogen-bond donors (Lipinski definition) is 2. The molecule has 0 aliphatic rings. The van der Waals surface area contributed by atoms with E-state index in [4.69, 9.17) is 17.3 Å². The fourth-order valence-corrected chi connectivity index (χ4v) is 2.76. The lowest BCUT2D eigenvalue weighted by molar-refractivity contribution is -0.113. The quantitative estimate of drug-likeness (QED) is 0.653. The summed E-state index contributed by atoms with van der Waals surface area (Å²) in [6.07, 6.45) is 0. The van der Waals surface area contributed by atoms with Crippen LogP contribution in [0.4, 0.5) is 11.4 Å². The summed E-state index contributed by atoms with van der Waals surface area (Å²) < 4.78 is 0. The molecular formula is C16H17ClN2OS. The molecule has 2 aromatic carbocycles. The number of amides is 1. The monoisotopic (exact) mass is 320 g/mol. The Bertz CT molecular complexity index is 673. The molecule has 0 atom stereocenters. The van der Waals surface area contributed by atoms with Crippen molar-refractivity contribution >= 4 is 40.6 Å². The van der Waals surface area contributed by atoms with Gasteiger partial charge in [0.15, 0.2) is 0 Å². The van der Waals surface area contributed by atoms with Gasteiger partial charge < -0.3 is 11.1 Å². The highest BCUT2D eigenvalue weighted by Gasteiger charge is 2.07. The number of nitrogens with two attached hydrogens (primary N) is 1. The highest BCUT2D eigenvalue weighted by molar-refractivity contribution is 8.00. The van der Waals surface area contributed by atoms with Crippen LogP contribution in [0.1, 0.15) is 11.1 Å². The molecule has 3 N–H and O–H groups in total. The average molecular weight is 321 g/mol. The van der Waals surface area contributed by atoms with Gasteiger partial charge in [0.25, 0.3) is 0 Å². The summed E-state index contributed by atoms with van der Waals surface area (Å²) in [6.45, 7) is 4.13. The van der Waals surface area contributed by atoms with E-state index in [2.05, 4.69) is 31.3 Å². The van der Waals surface area contributed by atoms with Crippen LogP contribution in [0, 0.1) is 13.8 Å². The third-order valence-electron chi connectivity index (χ3n) is 3.14. The first-order chi connectivity index (χ1) is 9.95. The van der Waals surface area contributed by atoms with Gasteiger partial charge >= 0.3 is 0 Å². The Morgan fingerprint density at radius 2 is 1.95 bits per heavy atom. The Morgan fingerprint density at radius 1 is 1.19 bits per heavy atom. The Hall–Kier alpha value is -1.65. The van der Waals surface area contributed by atoms with Gasteiger partial charge in [-0.3, -0.25) is 4.79 Å². The third kappa shape index (κ3) is 4.41. The van der Waals surface area contributed by atoms with Crippen molar-refractivity contribution < 1.29 is 4.79 Å². The molecule has 0 saturated carbocycles.